The normalized spacial score (nSPS) is 34.1. The maximum Gasteiger partial charge on any atom is 0.0346 e. The van der Waals surface area contributed by atoms with Gasteiger partial charge in [-0.25, -0.2) is 0 Å². The Bertz CT molecular complexity index is 97.0. The Morgan fingerprint density at radius 1 is 1.25 bits per heavy atom. The lowest BCUT2D eigenvalue weighted by atomic mass is 9.56. The van der Waals surface area contributed by atoms with Crippen LogP contribution in [0, 0.1) is 5.41 Å². The molecule has 2 aliphatic carbocycles. The highest BCUT2D eigenvalue weighted by atomic mass is 35.5. The Morgan fingerprint density at radius 3 is 2.00 bits per heavy atom. The highest BCUT2D eigenvalue weighted by molar-refractivity contribution is 6.21. The predicted octanol–water partition coefficient (Wildman–Crippen LogP) is 2.56. The topological polar surface area (TPSA) is 0 Å². The smallest absolute Gasteiger partial charge is 0.0346 e. The Balaban J connectivity index is 1.92. The molecule has 8 heavy (non-hydrogen) atoms. The van der Waals surface area contributed by atoms with E-state index in [1.165, 1.54) is 32.1 Å². The van der Waals surface area contributed by atoms with Crippen LogP contribution >= 0.6 is 11.6 Å². The van der Waals surface area contributed by atoms with Crippen LogP contribution in [0.5, 0.6) is 0 Å². The number of rotatable bonds is 0. The van der Waals surface area contributed by atoms with Crippen molar-refractivity contribution in [2.24, 2.45) is 5.41 Å². The summed E-state index contributed by atoms with van der Waals surface area (Å²) in [6.07, 6.45) is 7.03. The van der Waals surface area contributed by atoms with Gasteiger partial charge >= 0.3 is 0 Å². The van der Waals surface area contributed by atoms with E-state index >= 15 is 0 Å². The first kappa shape index (κ1) is 5.10. The molecule has 2 fully saturated rings. The van der Waals surface area contributed by atoms with E-state index in [1.807, 2.05) is 0 Å². The maximum absolute atomic E-state index is 5.85. The molecule has 0 atom stereocenters. The first-order chi connectivity index (χ1) is 3.81. The minimum atomic E-state index is 0.537. The van der Waals surface area contributed by atoms with Gasteiger partial charge < -0.3 is 0 Å². The van der Waals surface area contributed by atoms with Gasteiger partial charge in [0.15, 0.2) is 0 Å². The zero-order chi connectivity index (χ0) is 5.61. The second-order valence-electron chi connectivity index (χ2n) is 3.36. The van der Waals surface area contributed by atoms with Gasteiger partial charge in [-0.1, -0.05) is 6.42 Å². The van der Waals surface area contributed by atoms with E-state index in [-0.39, 0.29) is 0 Å². The molecule has 2 saturated carbocycles. The van der Waals surface area contributed by atoms with Gasteiger partial charge in [-0.2, -0.15) is 0 Å². The fraction of sp³-hybridized carbons (Fsp3) is 1.00. The summed E-state index contributed by atoms with van der Waals surface area (Å²) in [7, 11) is 0. The molecule has 46 valence electrons. The highest BCUT2D eigenvalue weighted by Gasteiger charge is 2.47. The van der Waals surface area contributed by atoms with E-state index < -0.39 is 0 Å². The van der Waals surface area contributed by atoms with Crippen molar-refractivity contribution in [2.75, 3.05) is 0 Å². The van der Waals surface area contributed by atoms with Crippen LogP contribution in [0.25, 0.3) is 0 Å². The molecule has 0 heterocycles. The van der Waals surface area contributed by atoms with E-state index in [0.717, 1.165) is 5.41 Å². The molecule has 1 heteroatoms. The second kappa shape index (κ2) is 1.41. The fourth-order valence-corrected chi connectivity index (χ4v) is 2.62. The lowest BCUT2D eigenvalue weighted by Gasteiger charge is -2.52. The number of hydrogen-bond acceptors (Lipinski definition) is 0. The predicted molar refractivity (Wildman–Crippen MR) is 35.2 cm³/mol. The van der Waals surface area contributed by atoms with Gasteiger partial charge in [0.2, 0.25) is 0 Å². The summed E-state index contributed by atoms with van der Waals surface area (Å²) in [6.45, 7) is 0. The average molecular weight is 131 g/mol. The summed E-state index contributed by atoms with van der Waals surface area (Å²) < 4.78 is 0. The van der Waals surface area contributed by atoms with Crippen molar-refractivity contribution in [1.29, 1.82) is 0 Å². The van der Waals surface area contributed by atoms with Crippen molar-refractivity contribution in [3.05, 3.63) is 0 Å². The van der Waals surface area contributed by atoms with Crippen LogP contribution in [0.2, 0.25) is 0 Å². The molecule has 0 aromatic heterocycles. The molecule has 0 amide bonds. The lowest BCUT2D eigenvalue weighted by molar-refractivity contribution is 0.0358. The molecule has 2 rings (SSSR count). The molecule has 0 nitrogen and oxygen atoms in total. The molecule has 2 aliphatic rings. The first-order valence-corrected chi connectivity index (χ1v) is 3.89. The molecule has 0 radical (unpaired) electrons. The van der Waals surface area contributed by atoms with Gasteiger partial charge in [-0.05, 0) is 31.1 Å². The number of hydrogen-bond donors (Lipinski definition) is 0. The standard InChI is InChI=1S/C7H11Cl/c8-6-4-7(5-6)2-1-3-7/h6H,1-5H2. The zero-order valence-corrected chi connectivity index (χ0v) is 5.75. The molecule has 0 bridgehead atoms. The average Bonchev–Trinajstić information content (AvgIpc) is 1.51. The largest absolute Gasteiger partial charge is 0.123 e. The van der Waals surface area contributed by atoms with Crippen LogP contribution < -0.4 is 0 Å². The molecule has 0 N–H and O–H groups in total. The third kappa shape index (κ3) is 0.526. The fourth-order valence-electron chi connectivity index (χ4n) is 1.96. The number of halogens is 1. The third-order valence-corrected chi connectivity index (χ3v) is 3.03. The quantitative estimate of drug-likeness (QED) is 0.442. The monoisotopic (exact) mass is 130 g/mol. The van der Waals surface area contributed by atoms with Crippen LogP contribution in [0.1, 0.15) is 32.1 Å². The van der Waals surface area contributed by atoms with E-state index in [2.05, 4.69) is 0 Å². The first-order valence-electron chi connectivity index (χ1n) is 3.45. The zero-order valence-electron chi connectivity index (χ0n) is 4.99. The minimum Gasteiger partial charge on any atom is -0.123 e. The highest BCUT2D eigenvalue weighted by Crippen LogP contribution is 2.57. The van der Waals surface area contributed by atoms with E-state index in [1.54, 1.807) is 0 Å². The van der Waals surface area contributed by atoms with Crippen LogP contribution in [-0.4, -0.2) is 5.38 Å². The Morgan fingerprint density at radius 2 is 1.88 bits per heavy atom. The lowest BCUT2D eigenvalue weighted by Crippen LogP contribution is -2.43. The molecule has 0 aromatic carbocycles. The van der Waals surface area contributed by atoms with Gasteiger partial charge in [0.1, 0.15) is 0 Å². The summed E-state index contributed by atoms with van der Waals surface area (Å²) in [5.74, 6) is 0. The molecular formula is C7H11Cl. The Hall–Kier alpha value is 0.290. The van der Waals surface area contributed by atoms with Crippen molar-refractivity contribution in [1.82, 2.24) is 0 Å². The second-order valence-corrected chi connectivity index (χ2v) is 3.98. The Labute approximate surface area is 55.2 Å². The summed E-state index contributed by atoms with van der Waals surface area (Å²) in [4.78, 5) is 0. The van der Waals surface area contributed by atoms with Gasteiger partial charge in [0, 0.05) is 5.38 Å². The van der Waals surface area contributed by atoms with Gasteiger partial charge in [-0.15, -0.1) is 11.6 Å². The van der Waals surface area contributed by atoms with E-state index in [4.69, 9.17) is 11.6 Å². The van der Waals surface area contributed by atoms with Gasteiger partial charge in [0.05, 0.1) is 0 Å². The molecule has 0 aromatic rings. The van der Waals surface area contributed by atoms with Crippen LogP contribution in [0.15, 0.2) is 0 Å². The summed E-state index contributed by atoms with van der Waals surface area (Å²) >= 11 is 5.85. The molecule has 0 unspecified atom stereocenters. The van der Waals surface area contributed by atoms with Crippen molar-refractivity contribution in [3.63, 3.8) is 0 Å². The molecule has 0 aliphatic heterocycles. The molecular weight excluding hydrogens is 120 g/mol. The molecule has 0 saturated heterocycles. The van der Waals surface area contributed by atoms with Crippen molar-refractivity contribution in [3.8, 4) is 0 Å². The molecule has 1 spiro atoms. The maximum atomic E-state index is 5.85. The van der Waals surface area contributed by atoms with Crippen molar-refractivity contribution >= 4 is 11.6 Å². The van der Waals surface area contributed by atoms with E-state index in [9.17, 15) is 0 Å². The van der Waals surface area contributed by atoms with Crippen molar-refractivity contribution in [2.45, 2.75) is 37.5 Å². The minimum absolute atomic E-state index is 0.537. The van der Waals surface area contributed by atoms with Gasteiger partial charge in [0.25, 0.3) is 0 Å². The van der Waals surface area contributed by atoms with Crippen molar-refractivity contribution < 1.29 is 0 Å². The Kier molecular flexibility index (Phi) is 0.901. The van der Waals surface area contributed by atoms with Gasteiger partial charge in [-0.3, -0.25) is 0 Å². The van der Waals surface area contributed by atoms with Crippen LogP contribution in [0.3, 0.4) is 0 Å². The van der Waals surface area contributed by atoms with Crippen LogP contribution in [-0.2, 0) is 0 Å². The third-order valence-electron chi connectivity index (χ3n) is 2.72. The number of alkyl halides is 1. The summed E-state index contributed by atoms with van der Waals surface area (Å²) in [5, 5.41) is 0.537. The summed E-state index contributed by atoms with van der Waals surface area (Å²) in [5.41, 5.74) is 0.784. The SMILES string of the molecule is ClC1CC2(CCC2)C1. The summed E-state index contributed by atoms with van der Waals surface area (Å²) in [6, 6.07) is 0. The van der Waals surface area contributed by atoms with E-state index in [0.29, 0.717) is 5.38 Å². The van der Waals surface area contributed by atoms with Crippen LogP contribution in [0.4, 0.5) is 0 Å².